The molecule has 0 radical (unpaired) electrons. The van der Waals surface area contributed by atoms with E-state index in [1.54, 1.807) is 4.90 Å². The van der Waals surface area contributed by atoms with Crippen LogP contribution in [-0.2, 0) is 16.1 Å². The molecule has 2 amide bonds. The van der Waals surface area contributed by atoms with Crippen LogP contribution in [0, 0.1) is 5.92 Å². The number of nitrogens with zero attached hydrogens (tertiary/aromatic N) is 2. The lowest BCUT2D eigenvalue weighted by Gasteiger charge is -2.17. The number of hydrogen-bond donors (Lipinski definition) is 1. The van der Waals surface area contributed by atoms with E-state index in [-0.39, 0.29) is 18.4 Å². The van der Waals surface area contributed by atoms with Crippen molar-refractivity contribution in [2.75, 3.05) is 6.54 Å². The Balaban J connectivity index is 1.35. The lowest BCUT2D eigenvalue weighted by molar-refractivity contribution is -0.122. The molecule has 0 unspecified atom stereocenters. The predicted octanol–water partition coefficient (Wildman–Crippen LogP) is 4.70. The van der Waals surface area contributed by atoms with Gasteiger partial charge in [-0.25, -0.2) is 0 Å². The van der Waals surface area contributed by atoms with E-state index in [9.17, 15) is 9.59 Å². The summed E-state index contributed by atoms with van der Waals surface area (Å²) in [5, 5.41) is 4.09. The molecule has 5 rings (SSSR count). The number of amides is 2. The van der Waals surface area contributed by atoms with Crippen molar-refractivity contribution in [1.29, 1.82) is 0 Å². The highest BCUT2D eigenvalue weighted by molar-refractivity contribution is 8.26. The van der Waals surface area contributed by atoms with Crippen molar-refractivity contribution in [3.05, 3.63) is 40.9 Å². The summed E-state index contributed by atoms with van der Waals surface area (Å²) in [6, 6.07) is 8.37. The highest BCUT2D eigenvalue weighted by Crippen LogP contribution is 2.36. The third-order valence-corrected chi connectivity index (χ3v) is 7.85. The molecule has 2 aliphatic carbocycles. The van der Waals surface area contributed by atoms with Gasteiger partial charge >= 0.3 is 0 Å². The van der Waals surface area contributed by atoms with Crippen molar-refractivity contribution in [3.8, 4) is 0 Å². The first-order chi connectivity index (χ1) is 15.1. The van der Waals surface area contributed by atoms with E-state index in [4.69, 9.17) is 12.2 Å². The number of aromatic nitrogens is 1. The Morgan fingerprint density at radius 3 is 2.74 bits per heavy atom. The van der Waals surface area contributed by atoms with Crippen LogP contribution < -0.4 is 5.32 Å². The summed E-state index contributed by atoms with van der Waals surface area (Å²) in [5.41, 5.74) is 1.95. The van der Waals surface area contributed by atoms with E-state index in [1.165, 1.54) is 37.4 Å². The maximum absolute atomic E-state index is 13.1. The number of rotatable bonds is 7. The van der Waals surface area contributed by atoms with Gasteiger partial charge in [-0.15, -0.1) is 0 Å². The van der Waals surface area contributed by atoms with Crippen LogP contribution in [0.15, 0.2) is 35.4 Å². The number of nitrogens with one attached hydrogen (secondary N) is 1. The van der Waals surface area contributed by atoms with Gasteiger partial charge in [-0.2, -0.15) is 0 Å². The Morgan fingerprint density at radius 2 is 1.97 bits per heavy atom. The predicted molar refractivity (Wildman–Crippen MR) is 130 cm³/mol. The van der Waals surface area contributed by atoms with Crippen molar-refractivity contribution in [2.24, 2.45) is 5.92 Å². The molecule has 1 aliphatic heterocycles. The Morgan fingerprint density at radius 1 is 1.19 bits per heavy atom. The molecule has 31 heavy (non-hydrogen) atoms. The van der Waals surface area contributed by atoms with Gasteiger partial charge in [0.1, 0.15) is 10.9 Å². The SMILES string of the molecule is O=C(Cn1cc(/C=C2\SC(=S)N(CCC3CCCC3)C2=O)c2ccccc21)NC1CC1. The van der Waals surface area contributed by atoms with Crippen LogP contribution in [0.1, 0.15) is 50.5 Å². The van der Waals surface area contributed by atoms with Gasteiger partial charge in [0.15, 0.2) is 0 Å². The van der Waals surface area contributed by atoms with Crippen LogP contribution in [0.3, 0.4) is 0 Å². The monoisotopic (exact) mass is 453 g/mol. The second-order valence-corrected chi connectivity index (χ2v) is 10.5. The molecule has 1 N–H and O–H groups in total. The maximum Gasteiger partial charge on any atom is 0.266 e. The van der Waals surface area contributed by atoms with Gasteiger partial charge in [0.2, 0.25) is 5.91 Å². The molecule has 1 aromatic heterocycles. The van der Waals surface area contributed by atoms with Crippen molar-refractivity contribution in [2.45, 2.75) is 57.5 Å². The molecule has 3 fully saturated rings. The highest BCUT2D eigenvalue weighted by Gasteiger charge is 2.32. The van der Waals surface area contributed by atoms with E-state index < -0.39 is 0 Å². The Labute approximate surface area is 192 Å². The average Bonchev–Trinajstić information content (AvgIpc) is 3.17. The van der Waals surface area contributed by atoms with E-state index in [0.29, 0.717) is 15.3 Å². The van der Waals surface area contributed by atoms with Crippen LogP contribution in [0.25, 0.3) is 17.0 Å². The molecule has 0 bridgehead atoms. The summed E-state index contributed by atoms with van der Waals surface area (Å²) >= 11 is 6.91. The number of benzene rings is 1. The number of carbonyl (C=O) groups excluding carboxylic acids is 2. The van der Waals surface area contributed by atoms with Crippen LogP contribution in [0.2, 0.25) is 0 Å². The van der Waals surface area contributed by atoms with Gasteiger partial charge < -0.3 is 9.88 Å². The molecule has 162 valence electrons. The largest absolute Gasteiger partial charge is 0.352 e. The zero-order valence-electron chi connectivity index (χ0n) is 17.5. The first-order valence-electron chi connectivity index (χ1n) is 11.2. The van der Waals surface area contributed by atoms with Gasteiger partial charge in [-0.05, 0) is 37.3 Å². The number of fused-ring (bicyclic) bond motifs is 1. The normalized spacial score (nSPS) is 21.0. The zero-order valence-corrected chi connectivity index (χ0v) is 19.1. The Bertz CT molecular complexity index is 1060. The van der Waals surface area contributed by atoms with E-state index in [1.807, 2.05) is 41.1 Å². The Kier molecular flexibility index (Phi) is 5.89. The molecule has 5 nitrogen and oxygen atoms in total. The molecule has 7 heteroatoms. The minimum atomic E-state index is 0.0105. The molecular weight excluding hydrogens is 426 g/mol. The number of hydrogen-bond acceptors (Lipinski definition) is 4. The first kappa shape index (κ1) is 20.8. The van der Waals surface area contributed by atoms with Gasteiger partial charge in [0, 0.05) is 35.2 Å². The molecule has 2 heterocycles. The van der Waals surface area contributed by atoms with Crippen LogP contribution in [-0.4, -0.2) is 38.2 Å². The van der Waals surface area contributed by atoms with E-state index in [2.05, 4.69) is 5.32 Å². The summed E-state index contributed by atoms with van der Waals surface area (Å²) in [4.78, 5) is 27.8. The van der Waals surface area contributed by atoms with Gasteiger partial charge in [0.05, 0.1) is 4.91 Å². The number of thioether (sulfide) groups is 1. The van der Waals surface area contributed by atoms with Gasteiger partial charge in [0.25, 0.3) is 5.91 Å². The summed E-state index contributed by atoms with van der Waals surface area (Å²) in [6.45, 7) is 1.00. The highest BCUT2D eigenvalue weighted by atomic mass is 32.2. The minimum absolute atomic E-state index is 0.0105. The molecule has 3 aliphatic rings. The van der Waals surface area contributed by atoms with Crippen LogP contribution in [0.4, 0.5) is 0 Å². The summed E-state index contributed by atoms with van der Waals surface area (Å²) in [5.74, 6) is 0.776. The van der Waals surface area contributed by atoms with Crippen molar-refractivity contribution in [1.82, 2.24) is 14.8 Å². The van der Waals surface area contributed by atoms with E-state index in [0.717, 1.165) is 48.2 Å². The Hall–Kier alpha value is -2.12. The standard InChI is InChI=1S/C24H27N3O2S2/c28-22(25-18-9-10-18)15-26-14-17(19-7-3-4-8-20(19)26)13-21-23(29)27(24(30)31-21)12-11-16-5-1-2-6-16/h3-4,7-8,13-14,16,18H,1-2,5-6,9-12,15H2,(H,25,28)/b21-13-. The van der Waals surface area contributed by atoms with Crippen molar-refractivity contribution >= 4 is 57.1 Å². The molecule has 1 saturated heterocycles. The fraction of sp³-hybridized carbons (Fsp3) is 0.458. The lowest BCUT2D eigenvalue weighted by atomic mass is 10.0. The fourth-order valence-electron chi connectivity index (χ4n) is 4.62. The van der Waals surface area contributed by atoms with E-state index >= 15 is 0 Å². The quantitative estimate of drug-likeness (QED) is 0.488. The average molecular weight is 454 g/mol. The molecule has 0 spiro atoms. The molecule has 1 aromatic carbocycles. The number of para-hydroxylation sites is 1. The molecule has 2 saturated carbocycles. The van der Waals surface area contributed by atoms with Gasteiger partial charge in [-0.3, -0.25) is 14.5 Å². The summed E-state index contributed by atoms with van der Waals surface area (Å²) in [6.07, 6.45) is 12.3. The lowest BCUT2D eigenvalue weighted by Crippen LogP contribution is -2.30. The fourth-order valence-corrected chi connectivity index (χ4v) is 5.92. The second kappa shape index (κ2) is 8.79. The van der Waals surface area contributed by atoms with Crippen LogP contribution in [0.5, 0.6) is 0 Å². The van der Waals surface area contributed by atoms with Gasteiger partial charge in [-0.1, -0.05) is 67.9 Å². The molecule has 0 atom stereocenters. The second-order valence-electron chi connectivity index (χ2n) is 8.84. The summed E-state index contributed by atoms with van der Waals surface area (Å²) < 4.78 is 2.63. The minimum Gasteiger partial charge on any atom is -0.352 e. The topological polar surface area (TPSA) is 54.3 Å². The van der Waals surface area contributed by atoms with Crippen molar-refractivity contribution in [3.63, 3.8) is 0 Å². The zero-order chi connectivity index (χ0) is 21.4. The summed E-state index contributed by atoms with van der Waals surface area (Å²) in [7, 11) is 0. The van der Waals surface area contributed by atoms with Crippen LogP contribution >= 0.6 is 24.0 Å². The molecule has 2 aromatic rings. The smallest absolute Gasteiger partial charge is 0.266 e. The third-order valence-electron chi connectivity index (χ3n) is 6.47. The number of thiocarbonyl (C=S) groups is 1. The molecular formula is C24H27N3O2S2. The maximum atomic E-state index is 13.1. The first-order valence-corrected chi connectivity index (χ1v) is 12.4. The number of carbonyl (C=O) groups is 2. The third kappa shape index (κ3) is 4.58. The van der Waals surface area contributed by atoms with Crippen molar-refractivity contribution < 1.29 is 9.59 Å².